The summed E-state index contributed by atoms with van der Waals surface area (Å²) in [5, 5.41) is 2.00. The van der Waals surface area contributed by atoms with Crippen LogP contribution in [0.15, 0.2) is 24.3 Å². The summed E-state index contributed by atoms with van der Waals surface area (Å²) in [5.74, 6) is 0. The Bertz CT molecular complexity index is 804. The number of hydrogen-bond donors (Lipinski definition) is 5. The van der Waals surface area contributed by atoms with Crippen LogP contribution < -0.4 is 10.8 Å². The molecule has 12 nitrogen and oxygen atoms in total. The van der Waals surface area contributed by atoms with Gasteiger partial charge in [0.15, 0.2) is 0 Å². The van der Waals surface area contributed by atoms with Gasteiger partial charge in [-0.15, -0.1) is 0 Å². The predicted molar refractivity (Wildman–Crippen MR) is 99.1 cm³/mol. The highest BCUT2D eigenvalue weighted by atomic mass is 31.3. The predicted octanol–water partition coefficient (Wildman–Crippen LogP) is 2.48. The maximum Gasteiger partial charge on any atom is 0.489 e. The molecule has 0 aliphatic carbocycles. The lowest BCUT2D eigenvalue weighted by atomic mass is 10.2. The van der Waals surface area contributed by atoms with Crippen molar-refractivity contribution in [1.82, 2.24) is 0 Å². The monoisotopic (exact) mass is 460 g/mol. The summed E-state index contributed by atoms with van der Waals surface area (Å²) in [6.45, 7) is 1.71. The Balaban J connectivity index is 1.91. The number of phosphoric ester groups is 1. The van der Waals surface area contributed by atoms with E-state index in [0.29, 0.717) is 6.42 Å². The molecule has 28 heavy (non-hydrogen) atoms. The van der Waals surface area contributed by atoms with E-state index < -0.39 is 29.5 Å². The molecule has 1 aromatic rings. The first-order valence-electron chi connectivity index (χ1n) is 8.18. The molecule has 1 aliphatic heterocycles. The Morgan fingerprint density at radius 2 is 1.75 bits per heavy atom. The van der Waals surface area contributed by atoms with Crippen LogP contribution in [0.3, 0.4) is 0 Å². The van der Waals surface area contributed by atoms with Crippen LogP contribution in [0, 0.1) is 0 Å². The first-order chi connectivity index (χ1) is 12.9. The van der Waals surface area contributed by atoms with Gasteiger partial charge in [0.25, 0.3) is 0 Å². The maximum absolute atomic E-state index is 12.0. The number of anilines is 1. The van der Waals surface area contributed by atoms with Crippen molar-refractivity contribution in [3.05, 3.63) is 29.8 Å². The first kappa shape index (κ1) is 23.7. The Kier molecular flexibility index (Phi) is 8.00. The van der Waals surface area contributed by atoms with E-state index in [1.807, 2.05) is 12.0 Å². The molecule has 1 saturated heterocycles. The molecule has 2 rings (SSSR count). The zero-order chi connectivity index (χ0) is 21.0. The fourth-order valence-corrected chi connectivity index (χ4v) is 6.12. The molecule has 1 fully saturated rings. The van der Waals surface area contributed by atoms with Crippen molar-refractivity contribution in [2.75, 3.05) is 11.7 Å². The highest BCUT2D eigenvalue weighted by Gasteiger charge is 2.42. The molecule has 0 aromatic heterocycles. The largest absolute Gasteiger partial charge is 0.489 e. The summed E-state index contributed by atoms with van der Waals surface area (Å²) in [5.41, 5.74) is 6.26. The molecule has 1 heterocycles. The molecule has 1 aliphatic rings. The standard InChI is InChI=1S/C13H23N2O10P3/c1-10-2-7-13(23-10)9-22-27(18,19)25-28(20,21)24-26(16,17)15-12-5-3-11(8-14)4-6-12/h3-6,10,13H,2,7-9,14H2,1H3,(H,18,19)(H,20,21)(H2,15,16,17)/t10-,13-/m0/s1. The number of nitrogens with two attached hydrogens (primary N) is 1. The summed E-state index contributed by atoms with van der Waals surface area (Å²) < 4.78 is 53.8. The normalized spacial score (nSPS) is 26.2. The minimum atomic E-state index is -5.44. The van der Waals surface area contributed by atoms with Gasteiger partial charge in [-0.3, -0.25) is 9.61 Å². The lowest BCUT2D eigenvalue weighted by Crippen LogP contribution is -2.15. The number of hydrogen-bond acceptors (Lipinski definition) is 8. The molecule has 1 aromatic carbocycles. The Labute approximate surface area is 161 Å². The van der Waals surface area contributed by atoms with E-state index in [2.05, 4.69) is 13.1 Å². The van der Waals surface area contributed by atoms with Gasteiger partial charge in [0.2, 0.25) is 0 Å². The fraction of sp³-hybridized carbons (Fsp3) is 0.538. The number of rotatable bonds is 10. The van der Waals surface area contributed by atoms with Crippen molar-refractivity contribution in [2.24, 2.45) is 5.73 Å². The van der Waals surface area contributed by atoms with E-state index in [0.717, 1.165) is 12.0 Å². The van der Waals surface area contributed by atoms with E-state index in [4.69, 9.17) is 10.5 Å². The van der Waals surface area contributed by atoms with E-state index >= 15 is 0 Å². The summed E-state index contributed by atoms with van der Waals surface area (Å²) in [7, 11) is -15.4. The van der Waals surface area contributed by atoms with Crippen molar-refractivity contribution >= 4 is 29.1 Å². The van der Waals surface area contributed by atoms with E-state index in [9.17, 15) is 28.4 Å². The van der Waals surface area contributed by atoms with Gasteiger partial charge in [0.05, 0.1) is 18.8 Å². The Hall–Kier alpha value is -0.610. The minimum Gasteiger partial charge on any atom is -0.373 e. The number of phosphoric acid groups is 2. The zero-order valence-corrected chi connectivity index (χ0v) is 17.6. The van der Waals surface area contributed by atoms with Crippen LogP contribution in [0.25, 0.3) is 0 Å². The van der Waals surface area contributed by atoms with Crippen LogP contribution in [-0.2, 0) is 38.1 Å². The molecule has 0 amide bonds. The van der Waals surface area contributed by atoms with Gasteiger partial charge in [-0.25, -0.2) is 13.7 Å². The van der Waals surface area contributed by atoms with Crippen LogP contribution >= 0.6 is 23.4 Å². The average molecular weight is 460 g/mol. The molecular formula is C13H23N2O10P3. The van der Waals surface area contributed by atoms with Crippen LogP contribution in [0.5, 0.6) is 0 Å². The van der Waals surface area contributed by atoms with Crippen molar-refractivity contribution in [3.63, 3.8) is 0 Å². The van der Waals surface area contributed by atoms with Gasteiger partial charge < -0.3 is 25.2 Å². The fourth-order valence-electron chi connectivity index (χ4n) is 2.39. The van der Waals surface area contributed by atoms with Gasteiger partial charge >= 0.3 is 23.4 Å². The SMILES string of the molecule is C[C@H]1CC[C@@H](COP(=O)(O)OP(=O)(O)OP(=O)(O)Nc2ccc(CN)cc2)O1. The average Bonchev–Trinajstić information content (AvgIpc) is 2.97. The van der Waals surface area contributed by atoms with Crippen molar-refractivity contribution < 1.29 is 46.3 Å². The maximum atomic E-state index is 12.0. The van der Waals surface area contributed by atoms with Crippen molar-refractivity contribution in [2.45, 2.75) is 38.5 Å². The number of nitrogens with one attached hydrogen (secondary N) is 1. The van der Waals surface area contributed by atoms with Crippen LogP contribution in [-0.4, -0.2) is 33.5 Å². The van der Waals surface area contributed by atoms with Crippen LogP contribution in [0.4, 0.5) is 5.69 Å². The quantitative estimate of drug-likeness (QED) is 0.322. The van der Waals surface area contributed by atoms with Gasteiger partial charge in [-0.05, 0) is 37.5 Å². The molecular weight excluding hydrogens is 437 g/mol. The van der Waals surface area contributed by atoms with Gasteiger partial charge in [-0.2, -0.15) is 8.62 Å². The van der Waals surface area contributed by atoms with E-state index in [1.165, 1.54) is 12.1 Å². The molecule has 6 N–H and O–H groups in total. The molecule has 0 spiro atoms. The Morgan fingerprint density at radius 1 is 1.11 bits per heavy atom. The summed E-state index contributed by atoms with van der Waals surface area (Å²) in [6, 6.07) is 5.89. The highest BCUT2D eigenvalue weighted by molar-refractivity contribution is 7.68. The Morgan fingerprint density at radius 3 is 2.29 bits per heavy atom. The van der Waals surface area contributed by atoms with Gasteiger partial charge in [-0.1, -0.05) is 12.1 Å². The highest BCUT2D eigenvalue weighted by Crippen LogP contribution is 2.67. The lowest BCUT2D eigenvalue weighted by molar-refractivity contribution is 0.0185. The smallest absolute Gasteiger partial charge is 0.373 e. The number of ether oxygens (including phenoxy) is 1. The second-order valence-corrected chi connectivity index (χ2v) is 10.8. The molecule has 0 saturated carbocycles. The van der Waals surface area contributed by atoms with Crippen LogP contribution in [0.2, 0.25) is 0 Å². The van der Waals surface area contributed by atoms with Gasteiger partial charge in [0.1, 0.15) is 0 Å². The van der Waals surface area contributed by atoms with E-state index in [1.54, 1.807) is 12.1 Å². The summed E-state index contributed by atoms with van der Waals surface area (Å²) in [4.78, 5) is 28.8. The third kappa shape index (κ3) is 8.02. The van der Waals surface area contributed by atoms with Crippen molar-refractivity contribution in [1.29, 1.82) is 0 Å². The first-order valence-corrected chi connectivity index (χ1v) is 12.7. The van der Waals surface area contributed by atoms with Gasteiger partial charge in [0, 0.05) is 12.2 Å². The third-order valence-corrected chi connectivity index (χ3v) is 8.00. The number of benzene rings is 1. The molecule has 5 atom stereocenters. The molecule has 0 bridgehead atoms. The van der Waals surface area contributed by atoms with E-state index in [-0.39, 0.29) is 24.9 Å². The lowest BCUT2D eigenvalue weighted by Gasteiger charge is -2.20. The molecule has 3 unspecified atom stereocenters. The summed E-state index contributed by atoms with van der Waals surface area (Å²) >= 11 is 0. The summed E-state index contributed by atoms with van der Waals surface area (Å²) in [6.07, 6.45) is 0.802. The van der Waals surface area contributed by atoms with Crippen LogP contribution in [0.1, 0.15) is 25.3 Å². The molecule has 160 valence electrons. The molecule has 15 heteroatoms. The topological polar surface area (TPSA) is 187 Å². The molecule has 0 radical (unpaired) electrons. The van der Waals surface area contributed by atoms with Crippen molar-refractivity contribution in [3.8, 4) is 0 Å². The second-order valence-electron chi connectivity index (χ2n) is 6.08. The third-order valence-electron chi connectivity index (χ3n) is 3.62. The second kappa shape index (κ2) is 9.47. The minimum absolute atomic E-state index is 0.0369. The zero-order valence-electron chi connectivity index (χ0n) is 14.9.